The first-order valence-electron chi connectivity index (χ1n) is 8.72. The number of rotatable bonds is 11. The molecule has 0 unspecified atom stereocenters. The van der Waals surface area contributed by atoms with E-state index in [-0.39, 0.29) is 23.1 Å². The minimum Gasteiger partial charge on any atom is -0.398 e. The predicted molar refractivity (Wildman–Crippen MR) is 135 cm³/mol. The molecule has 6 nitrogen and oxygen atoms in total. The van der Waals surface area contributed by atoms with Crippen LogP contribution in [0.4, 0.5) is 5.69 Å². The molecule has 0 spiro atoms. The first kappa shape index (κ1) is 25.4. The van der Waals surface area contributed by atoms with Gasteiger partial charge in [0.2, 0.25) is 0 Å². The number of aliphatic hydroxyl groups is 1. The molecule has 0 aliphatic carbocycles. The van der Waals surface area contributed by atoms with Crippen molar-refractivity contribution in [3.8, 4) is 0 Å². The molecule has 0 aromatic heterocycles. The van der Waals surface area contributed by atoms with Gasteiger partial charge in [0.05, 0.1) is 27.0 Å². The Bertz CT molecular complexity index is 817. The van der Waals surface area contributed by atoms with E-state index in [0.29, 0.717) is 44.4 Å². The smallest absolute Gasteiger partial charge is 0.256 e. The molecule has 0 atom stereocenters. The van der Waals surface area contributed by atoms with Crippen molar-refractivity contribution in [2.75, 3.05) is 31.9 Å². The molecular formula is C21H25I2N3O3. The summed E-state index contributed by atoms with van der Waals surface area (Å²) in [6.07, 6.45) is 6.44. The van der Waals surface area contributed by atoms with E-state index in [9.17, 15) is 14.7 Å². The number of anilines is 1. The molecule has 0 saturated heterocycles. The van der Waals surface area contributed by atoms with Gasteiger partial charge in [0.15, 0.2) is 0 Å². The summed E-state index contributed by atoms with van der Waals surface area (Å²) in [5.74, 6) is -0.641. The van der Waals surface area contributed by atoms with Gasteiger partial charge < -0.3 is 20.6 Å². The zero-order chi connectivity index (χ0) is 22.1. The van der Waals surface area contributed by atoms with Crippen LogP contribution in [0.15, 0.2) is 50.6 Å². The maximum absolute atomic E-state index is 13.3. The standard InChI is InChI=1S/C21H25I2N3O3/c1-5-9-25(10-6-2)20(28)15-14(13-27)19(24)18(23)16(17(15)22)21(29)26(11-7-3)12-8-4/h5-8,27H,1-4,9-13,24H2. The molecule has 1 aromatic rings. The third-order valence-electron chi connectivity index (χ3n) is 4.08. The van der Waals surface area contributed by atoms with Crippen LogP contribution in [0.2, 0.25) is 0 Å². The summed E-state index contributed by atoms with van der Waals surface area (Å²) >= 11 is 3.95. The molecule has 29 heavy (non-hydrogen) atoms. The minimum atomic E-state index is -0.424. The Morgan fingerprint density at radius 2 is 1.21 bits per heavy atom. The summed E-state index contributed by atoms with van der Waals surface area (Å²) in [6.45, 7) is 15.5. The fraction of sp³-hybridized carbons (Fsp3) is 0.238. The summed E-state index contributed by atoms with van der Waals surface area (Å²) in [7, 11) is 0. The Hall–Kier alpha value is -1.66. The number of benzene rings is 1. The average molecular weight is 621 g/mol. The van der Waals surface area contributed by atoms with Crippen LogP contribution in [0, 0.1) is 7.14 Å². The quantitative estimate of drug-likeness (QED) is 0.225. The van der Waals surface area contributed by atoms with Crippen LogP contribution < -0.4 is 5.73 Å². The Kier molecular flexibility index (Phi) is 10.6. The van der Waals surface area contributed by atoms with Crippen molar-refractivity contribution in [2.45, 2.75) is 6.61 Å². The summed E-state index contributed by atoms with van der Waals surface area (Å²) in [5, 5.41) is 9.93. The summed E-state index contributed by atoms with van der Waals surface area (Å²) < 4.78 is 0.936. The van der Waals surface area contributed by atoms with Crippen molar-refractivity contribution in [3.63, 3.8) is 0 Å². The number of amides is 2. The van der Waals surface area contributed by atoms with Crippen molar-refractivity contribution in [3.05, 3.63) is 74.5 Å². The van der Waals surface area contributed by atoms with E-state index in [1.54, 1.807) is 29.2 Å². The predicted octanol–water partition coefficient (Wildman–Crippen LogP) is 3.60. The fourth-order valence-corrected chi connectivity index (χ4v) is 5.15. The summed E-state index contributed by atoms with van der Waals surface area (Å²) in [6, 6.07) is 0. The Balaban J connectivity index is 3.74. The molecule has 0 aliphatic heterocycles. The number of nitrogen functional groups attached to an aromatic ring is 1. The number of hydrogen-bond donors (Lipinski definition) is 2. The number of nitrogens with zero attached hydrogens (tertiary/aromatic N) is 2. The second-order valence-electron chi connectivity index (χ2n) is 6.00. The number of hydrogen-bond acceptors (Lipinski definition) is 4. The lowest BCUT2D eigenvalue weighted by Gasteiger charge is -2.26. The van der Waals surface area contributed by atoms with E-state index in [1.165, 1.54) is 4.90 Å². The van der Waals surface area contributed by atoms with Gasteiger partial charge in [-0.25, -0.2) is 0 Å². The highest BCUT2D eigenvalue weighted by Gasteiger charge is 2.30. The van der Waals surface area contributed by atoms with Crippen LogP contribution in [0.1, 0.15) is 26.3 Å². The topological polar surface area (TPSA) is 86.9 Å². The third-order valence-corrected chi connectivity index (χ3v) is 6.28. The molecule has 8 heteroatoms. The molecule has 0 saturated carbocycles. The van der Waals surface area contributed by atoms with Gasteiger partial charge in [-0.3, -0.25) is 9.59 Å². The van der Waals surface area contributed by atoms with Gasteiger partial charge in [-0.05, 0) is 45.2 Å². The highest BCUT2D eigenvalue weighted by atomic mass is 127. The van der Waals surface area contributed by atoms with E-state index < -0.39 is 6.61 Å². The minimum absolute atomic E-state index is 0.217. The Labute approximate surface area is 199 Å². The molecule has 0 bridgehead atoms. The van der Waals surface area contributed by atoms with Gasteiger partial charge in [0.1, 0.15) is 0 Å². The zero-order valence-corrected chi connectivity index (χ0v) is 20.5. The van der Waals surface area contributed by atoms with E-state index in [1.807, 2.05) is 45.2 Å². The normalized spacial score (nSPS) is 10.2. The maximum Gasteiger partial charge on any atom is 0.256 e. The number of halogens is 2. The second-order valence-corrected chi connectivity index (χ2v) is 8.16. The van der Waals surface area contributed by atoms with E-state index >= 15 is 0 Å². The monoisotopic (exact) mass is 621 g/mol. The highest BCUT2D eigenvalue weighted by Crippen LogP contribution is 2.34. The van der Waals surface area contributed by atoms with Crippen LogP contribution in [-0.2, 0) is 6.61 Å². The van der Waals surface area contributed by atoms with Crippen molar-refractivity contribution in [1.29, 1.82) is 0 Å². The molecule has 1 rings (SSSR count). The largest absolute Gasteiger partial charge is 0.398 e. The van der Waals surface area contributed by atoms with Crippen molar-refractivity contribution >= 4 is 62.7 Å². The molecule has 3 N–H and O–H groups in total. The number of aliphatic hydroxyl groups excluding tert-OH is 1. The lowest BCUT2D eigenvalue weighted by Crippen LogP contribution is -2.36. The first-order chi connectivity index (χ1) is 13.8. The van der Waals surface area contributed by atoms with Gasteiger partial charge in [0, 0.05) is 35.3 Å². The molecule has 0 fully saturated rings. The molecular weight excluding hydrogens is 596 g/mol. The van der Waals surface area contributed by atoms with Crippen molar-refractivity contribution in [2.24, 2.45) is 0 Å². The summed E-state index contributed by atoms with van der Waals surface area (Å²) in [5.41, 5.74) is 7.30. The lowest BCUT2D eigenvalue weighted by atomic mass is 9.99. The van der Waals surface area contributed by atoms with Gasteiger partial charge in [-0.1, -0.05) is 24.3 Å². The molecule has 0 aliphatic rings. The van der Waals surface area contributed by atoms with Gasteiger partial charge in [0.25, 0.3) is 11.8 Å². The average Bonchev–Trinajstić information content (AvgIpc) is 2.69. The third kappa shape index (κ3) is 5.70. The van der Waals surface area contributed by atoms with Crippen molar-refractivity contribution < 1.29 is 14.7 Å². The second kappa shape index (κ2) is 12.1. The van der Waals surface area contributed by atoms with Crippen LogP contribution in [0.3, 0.4) is 0 Å². The molecule has 2 amide bonds. The van der Waals surface area contributed by atoms with E-state index in [2.05, 4.69) is 26.3 Å². The van der Waals surface area contributed by atoms with Crippen LogP contribution in [0.25, 0.3) is 0 Å². The number of nitrogens with two attached hydrogens (primary N) is 1. The number of carbonyl (C=O) groups excluding carboxylic acids is 2. The fourth-order valence-electron chi connectivity index (χ4n) is 2.75. The SMILES string of the molecule is C=CCN(CC=C)C(=O)c1c(I)c(N)c(CO)c(C(=O)N(CC=C)CC=C)c1I. The molecule has 156 valence electrons. The summed E-state index contributed by atoms with van der Waals surface area (Å²) in [4.78, 5) is 29.6. The van der Waals surface area contributed by atoms with Crippen LogP contribution in [0.5, 0.6) is 0 Å². The molecule has 0 heterocycles. The van der Waals surface area contributed by atoms with E-state index in [0.717, 1.165) is 0 Å². The van der Waals surface area contributed by atoms with Crippen molar-refractivity contribution in [1.82, 2.24) is 9.80 Å². The van der Waals surface area contributed by atoms with Gasteiger partial charge >= 0.3 is 0 Å². The highest BCUT2D eigenvalue weighted by molar-refractivity contribution is 14.1. The number of carbonyl (C=O) groups is 2. The van der Waals surface area contributed by atoms with Crippen LogP contribution in [-0.4, -0.2) is 52.9 Å². The van der Waals surface area contributed by atoms with E-state index in [4.69, 9.17) is 5.73 Å². The Morgan fingerprint density at radius 1 is 0.828 bits per heavy atom. The zero-order valence-electron chi connectivity index (χ0n) is 16.2. The maximum atomic E-state index is 13.3. The molecule has 1 aromatic carbocycles. The first-order valence-corrected chi connectivity index (χ1v) is 10.9. The van der Waals surface area contributed by atoms with Crippen LogP contribution >= 0.6 is 45.2 Å². The van der Waals surface area contributed by atoms with Gasteiger partial charge in [-0.2, -0.15) is 0 Å². The lowest BCUT2D eigenvalue weighted by molar-refractivity contribution is 0.0784. The molecule has 0 radical (unpaired) electrons. The Morgan fingerprint density at radius 3 is 1.55 bits per heavy atom. The van der Waals surface area contributed by atoms with Gasteiger partial charge in [-0.15, -0.1) is 26.3 Å².